The van der Waals surface area contributed by atoms with E-state index in [9.17, 15) is 4.79 Å². The zero-order valence-electron chi connectivity index (χ0n) is 9.10. The normalized spacial score (nSPS) is 24.1. The van der Waals surface area contributed by atoms with E-state index in [1.54, 1.807) is 6.26 Å². The van der Waals surface area contributed by atoms with Gasteiger partial charge in [-0.3, -0.25) is 4.79 Å². The minimum atomic E-state index is -1.20. The van der Waals surface area contributed by atoms with Crippen LogP contribution in [0.25, 0.3) is 5.76 Å². The molecule has 0 bridgehead atoms. The van der Waals surface area contributed by atoms with Gasteiger partial charge in [0, 0.05) is 18.7 Å². The molecule has 1 aromatic rings. The van der Waals surface area contributed by atoms with E-state index in [4.69, 9.17) is 9.47 Å². The monoisotopic (exact) mass is 236 g/mol. The summed E-state index contributed by atoms with van der Waals surface area (Å²) in [6.07, 6.45) is 3.26. The Hall–Kier alpha value is -1.26. The molecule has 0 radical (unpaired) electrons. The summed E-state index contributed by atoms with van der Waals surface area (Å²) in [4.78, 5) is 11.8. The van der Waals surface area contributed by atoms with Crippen molar-refractivity contribution >= 4 is 23.3 Å². The number of rotatable bonds is 3. The topological polar surface area (TPSA) is 35.5 Å². The van der Waals surface area contributed by atoms with E-state index in [0.29, 0.717) is 5.76 Å². The third-order valence-electron chi connectivity index (χ3n) is 2.40. The highest BCUT2D eigenvalue weighted by Crippen LogP contribution is 2.38. The molecule has 0 saturated carbocycles. The molecule has 1 aliphatic rings. The van der Waals surface area contributed by atoms with Gasteiger partial charge in [0.1, 0.15) is 5.76 Å². The lowest BCUT2D eigenvalue weighted by Gasteiger charge is -2.23. The van der Waals surface area contributed by atoms with Gasteiger partial charge in [0.05, 0.1) is 0 Å². The van der Waals surface area contributed by atoms with Gasteiger partial charge in [-0.2, -0.15) is 0 Å². The van der Waals surface area contributed by atoms with Gasteiger partial charge in [-0.1, -0.05) is 42.1 Å². The molecule has 0 spiro atoms. The molecule has 0 amide bonds. The second-order valence-corrected chi connectivity index (χ2v) is 4.25. The van der Waals surface area contributed by atoms with Gasteiger partial charge in [0.25, 0.3) is 0 Å². The second-order valence-electron chi connectivity index (χ2n) is 3.31. The van der Waals surface area contributed by atoms with E-state index in [1.807, 2.05) is 30.3 Å². The zero-order valence-corrected chi connectivity index (χ0v) is 9.91. The van der Waals surface area contributed by atoms with Crippen LogP contribution < -0.4 is 0 Å². The molecule has 16 heavy (non-hydrogen) atoms. The fourth-order valence-electron chi connectivity index (χ4n) is 1.54. The average Bonchev–Trinajstić information content (AvgIpc) is 2.68. The summed E-state index contributed by atoms with van der Waals surface area (Å²) >= 11 is 1.24. The average molecular weight is 236 g/mol. The van der Waals surface area contributed by atoms with E-state index < -0.39 is 5.12 Å². The first-order valence-corrected chi connectivity index (χ1v) is 6.05. The Bertz CT molecular complexity index is 421. The predicted octanol–water partition coefficient (Wildman–Crippen LogP) is 2.29. The van der Waals surface area contributed by atoms with Crippen LogP contribution in [0.15, 0.2) is 36.4 Å². The van der Waals surface area contributed by atoms with Crippen molar-refractivity contribution in [3.05, 3.63) is 42.0 Å². The highest BCUT2D eigenvalue weighted by Gasteiger charge is 2.45. The van der Waals surface area contributed by atoms with Crippen LogP contribution in [0, 0.1) is 0 Å². The number of methoxy groups -OCH3 is 1. The molecule has 1 atom stereocenters. The minimum absolute atomic E-state index is 0.165. The van der Waals surface area contributed by atoms with Gasteiger partial charge in [0.2, 0.25) is 5.78 Å². The van der Waals surface area contributed by atoms with Crippen molar-refractivity contribution in [3.8, 4) is 0 Å². The summed E-state index contributed by atoms with van der Waals surface area (Å²) in [6.45, 7) is 0. The quantitative estimate of drug-likeness (QED) is 0.754. The fraction of sp³-hybridized carbons (Fsp3) is 0.250. The Balaban J connectivity index is 2.30. The van der Waals surface area contributed by atoms with Gasteiger partial charge in [-0.15, -0.1) is 0 Å². The Kier molecular flexibility index (Phi) is 3.03. The number of ketones is 1. The van der Waals surface area contributed by atoms with Crippen LogP contribution in [-0.4, -0.2) is 24.3 Å². The molecule has 3 nitrogen and oxygen atoms in total. The van der Waals surface area contributed by atoms with Crippen LogP contribution in [0.5, 0.6) is 0 Å². The molecule has 0 aliphatic carbocycles. The van der Waals surface area contributed by atoms with Crippen LogP contribution in [0.3, 0.4) is 0 Å². The van der Waals surface area contributed by atoms with Crippen LogP contribution >= 0.6 is 11.8 Å². The van der Waals surface area contributed by atoms with Crippen molar-refractivity contribution in [2.24, 2.45) is 0 Å². The van der Waals surface area contributed by atoms with Crippen LogP contribution in [-0.2, 0) is 14.3 Å². The van der Waals surface area contributed by atoms with Crippen molar-refractivity contribution in [2.75, 3.05) is 13.4 Å². The van der Waals surface area contributed by atoms with Crippen LogP contribution in [0.1, 0.15) is 5.56 Å². The van der Waals surface area contributed by atoms with E-state index >= 15 is 0 Å². The van der Waals surface area contributed by atoms with Gasteiger partial charge in [-0.25, -0.2) is 0 Å². The Morgan fingerprint density at radius 1 is 1.31 bits per heavy atom. The van der Waals surface area contributed by atoms with Gasteiger partial charge < -0.3 is 9.47 Å². The molecule has 1 aromatic carbocycles. The summed E-state index contributed by atoms with van der Waals surface area (Å²) in [7, 11) is 1.47. The summed E-state index contributed by atoms with van der Waals surface area (Å²) in [5, 5.41) is -1.20. The van der Waals surface area contributed by atoms with Crippen molar-refractivity contribution < 1.29 is 14.3 Å². The molecule has 0 aromatic heterocycles. The van der Waals surface area contributed by atoms with Crippen molar-refractivity contribution in [1.82, 2.24) is 0 Å². The SMILES string of the molecule is CO[C@@]1(SC)OC(c2ccccc2)=CC1=O. The Morgan fingerprint density at radius 3 is 2.50 bits per heavy atom. The third kappa shape index (κ3) is 1.74. The highest BCUT2D eigenvalue weighted by molar-refractivity contribution is 8.00. The lowest BCUT2D eigenvalue weighted by molar-refractivity contribution is -0.148. The standard InChI is InChI=1S/C12H12O3S/c1-14-12(16-2)11(13)8-10(15-12)9-6-4-3-5-7-9/h3-8H,1-2H3/t12-/m1/s1. The van der Waals surface area contributed by atoms with Gasteiger partial charge in [-0.05, 0) is 6.26 Å². The van der Waals surface area contributed by atoms with E-state index in [-0.39, 0.29) is 5.78 Å². The first-order chi connectivity index (χ1) is 7.72. The molecule has 0 fully saturated rings. The van der Waals surface area contributed by atoms with E-state index in [1.165, 1.54) is 24.9 Å². The lowest BCUT2D eigenvalue weighted by atomic mass is 10.2. The minimum Gasteiger partial charge on any atom is -0.445 e. The molecule has 2 rings (SSSR count). The Labute approximate surface area is 98.4 Å². The number of ether oxygens (including phenoxy) is 2. The molecule has 4 heteroatoms. The predicted molar refractivity (Wildman–Crippen MR) is 63.8 cm³/mol. The fourth-order valence-corrected chi connectivity index (χ4v) is 2.14. The molecule has 0 saturated heterocycles. The number of benzene rings is 1. The first-order valence-electron chi connectivity index (χ1n) is 4.83. The van der Waals surface area contributed by atoms with Gasteiger partial charge in [0.15, 0.2) is 0 Å². The molecule has 0 N–H and O–H groups in total. The molecule has 84 valence electrons. The van der Waals surface area contributed by atoms with E-state index in [2.05, 4.69) is 0 Å². The highest BCUT2D eigenvalue weighted by atomic mass is 32.2. The van der Waals surface area contributed by atoms with E-state index in [0.717, 1.165) is 5.56 Å². The molecular formula is C12H12O3S. The number of hydrogen-bond donors (Lipinski definition) is 0. The molecule has 1 aliphatic heterocycles. The first kappa shape index (κ1) is 11.2. The number of carbonyl (C=O) groups excluding carboxylic acids is 1. The number of hydrogen-bond acceptors (Lipinski definition) is 4. The maximum Gasteiger partial charge on any atom is 0.325 e. The number of thioether (sulfide) groups is 1. The van der Waals surface area contributed by atoms with Crippen LogP contribution in [0.2, 0.25) is 0 Å². The van der Waals surface area contributed by atoms with Gasteiger partial charge >= 0.3 is 5.12 Å². The smallest absolute Gasteiger partial charge is 0.325 e. The number of carbonyl (C=O) groups is 1. The third-order valence-corrected chi connectivity index (χ3v) is 3.39. The largest absolute Gasteiger partial charge is 0.445 e. The summed E-state index contributed by atoms with van der Waals surface area (Å²) < 4.78 is 10.7. The van der Waals surface area contributed by atoms with Crippen molar-refractivity contribution in [3.63, 3.8) is 0 Å². The molecule has 0 unspecified atom stereocenters. The zero-order chi connectivity index (χ0) is 11.6. The Morgan fingerprint density at radius 2 is 2.00 bits per heavy atom. The maximum absolute atomic E-state index is 11.8. The maximum atomic E-state index is 11.8. The summed E-state index contributed by atoms with van der Waals surface area (Å²) in [5.74, 6) is 0.392. The summed E-state index contributed by atoms with van der Waals surface area (Å²) in [5.41, 5.74) is 0.879. The molecular weight excluding hydrogens is 224 g/mol. The second kappa shape index (κ2) is 4.31. The van der Waals surface area contributed by atoms with Crippen molar-refractivity contribution in [2.45, 2.75) is 5.12 Å². The van der Waals surface area contributed by atoms with Crippen molar-refractivity contribution in [1.29, 1.82) is 0 Å². The summed E-state index contributed by atoms with van der Waals surface area (Å²) in [6, 6.07) is 9.50. The molecule has 1 heterocycles. The lowest BCUT2D eigenvalue weighted by Crippen LogP contribution is -2.34. The van der Waals surface area contributed by atoms with Crippen LogP contribution in [0.4, 0.5) is 0 Å².